The molecule has 0 bridgehead atoms. The molecule has 0 saturated heterocycles. The third kappa shape index (κ3) is 4.42. The molecular formula is C25H28FN5O. The molecular weight excluding hydrogens is 405 g/mol. The van der Waals surface area contributed by atoms with Crippen molar-refractivity contribution in [2.75, 3.05) is 22.1 Å². The van der Waals surface area contributed by atoms with Crippen molar-refractivity contribution in [3.05, 3.63) is 66.4 Å². The molecule has 0 unspecified atom stereocenters. The summed E-state index contributed by atoms with van der Waals surface area (Å²) in [5.41, 5.74) is 1.38. The lowest BCUT2D eigenvalue weighted by molar-refractivity contribution is 0.221. The van der Waals surface area contributed by atoms with Crippen molar-refractivity contribution in [1.82, 2.24) is 9.97 Å². The zero-order chi connectivity index (χ0) is 22.9. The largest absolute Gasteiger partial charge is 0.382 e. The lowest BCUT2D eigenvalue weighted by Crippen LogP contribution is -2.45. The number of rotatable bonds is 3. The van der Waals surface area contributed by atoms with Gasteiger partial charge in [0.05, 0.1) is 11.4 Å². The average Bonchev–Trinajstić information content (AvgIpc) is 2.90. The number of hydrogen-bond acceptors (Lipinski definition) is 4. The quantitative estimate of drug-likeness (QED) is 0.545. The van der Waals surface area contributed by atoms with Crippen molar-refractivity contribution in [1.29, 1.82) is 0 Å². The molecule has 1 aliphatic heterocycles. The lowest BCUT2D eigenvalue weighted by Gasteiger charge is -2.30. The van der Waals surface area contributed by atoms with Gasteiger partial charge in [-0.05, 0) is 62.6 Å². The predicted molar refractivity (Wildman–Crippen MR) is 127 cm³/mol. The number of fused-ring (bicyclic) bond motifs is 1. The Hall–Kier alpha value is -3.48. The molecule has 1 aliphatic rings. The van der Waals surface area contributed by atoms with E-state index in [1.807, 2.05) is 43.3 Å². The molecule has 1 aromatic carbocycles. The zero-order valence-corrected chi connectivity index (χ0v) is 18.8. The van der Waals surface area contributed by atoms with E-state index >= 15 is 0 Å². The van der Waals surface area contributed by atoms with Gasteiger partial charge in [-0.3, -0.25) is 10.2 Å². The van der Waals surface area contributed by atoms with Gasteiger partial charge in [-0.2, -0.15) is 0 Å². The number of aromatic nitrogens is 2. The molecule has 2 N–H and O–H groups in total. The molecule has 2 atom stereocenters. The molecule has 166 valence electrons. The minimum absolute atomic E-state index is 0.105. The van der Waals surface area contributed by atoms with Gasteiger partial charge in [0.1, 0.15) is 11.5 Å². The first-order chi connectivity index (χ1) is 15.2. The second kappa shape index (κ2) is 8.57. The van der Waals surface area contributed by atoms with E-state index < -0.39 is 5.67 Å². The fraction of sp³-hybridized carbons (Fsp3) is 0.320. The highest BCUT2D eigenvalue weighted by molar-refractivity contribution is 6.03. The Bertz CT molecular complexity index is 1110. The molecule has 0 spiro atoms. The molecule has 0 aliphatic carbocycles. The maximum Gasteiger partial charge on any atom is 0.328 e. The number of pyridine rings is 2. The number of benzene rings is 1. The predicted octanol–water partition coefficient (Wildman–Crippen LogP) is 5.84. The van der Waals surface area contributed by atoms with E-state index in [1.54, 1.807) is 29.3 Å². The Kier molecular flexibility index (Phi) is 5.82. The molecule has 4 rings (SSSR count). The van der Waals surface area contributed by atoms with Crippen LogP contribution >= 0.6 is 0 Å². The number of amides is 2. The number of carbonyl (C=O) groups excluding carboxylic acids is 1. The Morgan fingerprint density at radius 2 is 1.97 bits per heavy atom. The highest BCUT2D eigenvalue weighted by Gasteiger charge is 2.32. The van der Waals surface area contributed by atoms with E-state index in [0.29, 0.717) is 29.4 Å². The number of urea groups is 1. The first-order valence-electron chi connectivity index (χ1n) is 10.8. The van der Waals surface area contributed by atoms with Gasteiger partial charge < -0.3 is 5.32 Å². The van der Waals surface area contributed by atoms with Crippen LogP contribution in [0, 0.1) is 5.92 Å². The van der Waals surface area contributed by atoms with E-state index in [-0.39, 0.29) is 18.0 Å². The molecule has 0 saturated carbocycles. The van der Waals surface area contributed by atoms with E-state index in [9.17, 15) is 9.18 Å². The first-order valence-corrected chi connectivity index (χ1v) is 10.8. The second-order valence-corrected chi connectivity index (χ2v) is 8.73. The molecule has 3 heterocycles. The van der Waals surface area contributed by atoms with Crippen LogP contribution in [0.15, 0.2) is 60.8 Å². The molecule has 7 heteroatoms. The summed E-state index contributed by atoms with van der Waals surface area (Å²) in [4.78, 5) is 24.1. The minimum Gasteiger partial charge on any atom is -0.382 e. The average molecular weight is 434 g/mol. The van der Waals surface area contributed by atoms with Crippen LogP contribution in [0.3, 0.4) is 0 Å². The van der Waals surface area contributed by atoms with Crippen LogP contribution in [0.5, 0.6) is 0 Å². The van der Waals surface area contributed by atoms with Crippen molar-refractivity contribution in [2.45, 2.75) is 39.4 Å². The van der Waals surface area contributed by atoms with E-state index in [1.165, 1.54) is 13.8 Å². The summed E-state index contributed by atoms with van der Waals surface area (Å²) in [5, 5.41) is 6.29. The van der Waals surface area contributed by atoms with Crippen LogP contribution in [0.25, 0.3) is 11.3 Å². The maximum absolute atomic E-state index is 14.5. The van der Waals surface area contributed by atoms with Gasteiger partial charge in [0.25, 0.3) is 0 Å². The summed E-state index contributed by atoms with van der Waals surface area (Å²) >= 11 is 0. The zero-order valence-electron chi connectivity index (χ0n) is 18.8. The number of nitrogens with one attached hydrogen (secondary N) is 2. The Balaban J connectivity index is 1.76. The van der Waals surface area contributed by atoms with Crippen LogP contribution in [0.2, 0.25) is 0 Å². The normalized spacial score (nSPS) is 18.3. The number of nitrogens with zero attached hydrogens (tertiary/aromatic N) is 3. The van der Waals surface area contributed by atoms with Crippen LogP contribution in [0.1, 0.15) is 33.3 Å². The number of halogens is 1. The minimum atomic E-state index is -1.46. The fourth-order valence-corrected chi connectivity index (χ4v) is 3.76. The molecule has 0 fully saturated rings. The highest BCUT2D eigenvalue weighted by Crippen LogP contribution is 2.35. The Labute approximate surface area is 187 Å². The third-order valence-electron chi connectivity index (χ3n) is 5.91. The van der Waals surface area contributed by atoms with E-state index in [0.717, 1.165) is 11.3 Å². The topological polar surface area (TPSA) is 70.2 Å². The molecule has 2 amide bonds. The monoisotopic (exact) mass is 433 g/mol. The number of carbonyl (C=O) groups is 1. The van der Waals surface area contributed by atoms with Gasteiger partial charge in [-0.1, -0.05) is 31.2 Å². The second-order valence-electron chi connectivity index (χ2n) is 8.73. The summed E-state index contributed by atoms with van der Waals surface area (Å²) < 4.78 is 14.5. The molecule has 3 aromatic rings. The summed E-state index contributed by atoms with van der Waals surface area (Å²) in [6.07, 6.45) is 1.63. The van der Waals surface area contributed by atoms with Gasteiger partial charge in [-0.15, -0.1) is 0 Å². The molecule has 0 radical (unpaired) electrons. The Morgan fingerprint density at radius 3 is 2.69 bits per heavy atom. The van der Waals surface area contributed by atoms with Crippen molar-refractivity contribution < 1.29 is 9.18 Å². The molecule has 2 aromatic heterocycles. The van der Waals surface area contributed by atoms with Gasteiger partial charge in [0, 0.05) is 24.3 Å². The summed E-state index contributed by atoms with van der Waals surface area (Å²) in [6.45, 7) is 7.90. The summed E-state index contributed by atoms with van der Waals surface area (Å²) in [6, 6.07) is 16.1. The Morgan fingerprint density at radius 1 is 1.16 bits per heavy atom. The van der Waals surface area contributed by atoms with Crippen molar-refractivity contribution in [2.24, 2.45) is 5.92 Å². The van der Waals surface area contributed by atoms with Crippen molar-refractivity contribution in [3.63, 3.8) is 0 Å². The van der Waals surface area contributed by atoms with Crippen LogP contribution in [-0.4, -0.2) is 28.6 Å². The van der Waals surface area contributed by atoms with Crippen molar-refractivity contribution in [3.8, 4) is 11.3 Å². The molecule has 32 heavy (non-hydrogen) atoms. The smallest absolute Gasteiger partial charge is 0.328 e. The van der Waals surface area contributed by atoms with Gasteiger partial charge in [0.15, 0.2) is 5.82 Å². The van der Waals surface area contributed by atoms with Crippen LogP contribution in [0.4, 0.5) is 26.5 Å². The van der Waals surface area contributed by atoms with Crippen LogP contribution in [-0.2, 0) is 5.67 Å². The summed E-state index contributed by atoms with van der Waals surface area (Å²) in [7, 11) is 0. The first kappa shape index (κ1) is 21.7. The number of hydrogen-bond donors (Lipinski definition) is 2. The molecule has 6 nitrogen and oxygen atoms in total. The van der Waals surface area contributed by atoms with E-state index in [4.69, 9.17) is 4.98 Å². The van der Waals surface area contributed by atoms with Gasteiger partial charge in [0.2, 0.25) is 0 Å². The van der Waals surface area contributed by atoms with Crippen LogP contribution < -0.4 is 15.5 Å². The number of anilines is 3. The highest BCUT2D eigenvalue weighted by atomic mass is 19.1. The third-order valence-corrected chi connectivity index (χ3v) is 5.91. The maximum atomic E-state index is 14.5. The SMILES string of the molecule is C[C@@H]1CNc2ccc(-c3cccc(C(C)(C)F)c3)nc2N(C(=O)Nc2ccccn2)[C@@H]1C. The van der Waals surface area contributed by atoms with Crippen molar-refractivity contribution >= 4 is 23.4 Å². The standard InChI is InChI=1S/C25H28FN5O/c1-16-15-28-21-12-11-20(18-8-7-9-19(14-18)25(3,4)26)29-23(21)31(17(16)2)24(32)30-22-10-5-6-13-27-22/h5-14,16-17,28H,15H2,1-4H3,(H,27,30,32)/t16-,17-/m1/s1. The summed E-state index contributed by atoms with van der Waals surface area (Å²) in [5.74, 6) is 1.21. The number of alkyl halides is 1. The van der Waals surface area contributed by atoms with Gasteiger partial charge >= 0.3 is 6.03 Å². The fourth-order valence-electron chi connectivity index (χ4n) is 3.76. The lowest BCUT2D eigenvalue weighted by atomic mass is 9.97. The van der Waals surface area contributed by atoms with E-state index in [2.05, 4.69) is 22.5 Å². The van der Waals surface area contributed by atoms with Gasteiger partial charge in [-0.25, -0.2) is 19.2 Å².